The summed E-state index contributed by atoms with van der Waals surface area (Å²) in [7, 11) is 0. The molecule has 0 saturated carbocycles. The van der Waals surface area contributed by atoms with Crippen LogP contribution in [0.5, 0.6) is 0 Å². The molecule has 2 nitrogen and oxygen atoms in total. The zero-order chi connectivity index (χ0) is 10.9. The summed E-state index contributed by atoms with van der Waals surface area (Å²) in [5.74, 6) is 0. The molecule has 2 heteroatoms. The van der Waals surface area contributed by atoms with Gasteiger partial charge in [-0.15, -0.1) is 0 Å². The Bertz CT molecular complexity index is 394. The SMILES string of the molecule is Cc1cc(C#N)cc(C(C)(C)O)c1C. The van der Waals surface area contributed by atoms with Gasteiger partial charge in [0.2, 0.25) is 0 Å². The van der Waals surface area contributed by atoms with Crippen molar-refractivity contribution in [2.75, 3.05) is 0 Å². The Balaban J connectivity index is 3.44. The standard InChI is InChI=1S/C12H15NO/c1-8-5-10(7-13)6-11(9(8)2)12(3,4)14/h5-6,14H,1-4H3. The van der Waals surface area contributed by atoms with Crippen molar-refractivity contribution in [3.63, 3.8) is 0 Å². The lowest BCUT2D eigenvalue weighted by molar-refractivity contribution is 0.0778. The third-order valence-electron chi connectivity index (χ3n) is 2.46. The van der Waals surface area contributed by atoms with Gasteiger partial charge in [-0.1, -0.05) is 0 Å². The summed E-state index contributed by atoms with van der Waals surface area (Å²) in [6, 6.07) is 5.69. The van der Waals surface area contributed by atoms with Crippen molar-refractivity contribution in [1.82, 2.24) is 0 Å². The minimum absolute atomic E-state index is 0.602. The molecule has 0 aliphatic rings. The van der Waals surface area contributed by atoms with E-state index >= 15 is 0 Å². The maximum Gasteiger partial charge on any atom is 0.0991 e. The molecule has 14 heavy (non-hydrogen) atoms. The number of benzene rings is 1. The molecule has 0 unspecified atom stereocenters. The van der Waals surface area contributed by atoms with Gasteiger partial charge in [0.15, 0.2) is 0 Å². The molecule has 1 aromatic rings. The van der Waals surface area contributed by atoms with E-state index in [-0.39, 0.29) is 0 Å². The molecule has 74 valence electrons. The Labute approximate surface area is 84.8 Å². The number of hydrogen-bond donors (Lipinski definition) is 1. The van der Waals surface area contributed by atoms with E-state index in [9.17, 15) is 5.11 Å². The topological polar surface area (TPSA) is 44.0 Å². The Morgan fingerprint density at radius 2 is 1.86 bits per heavy atom. The van der Waals surface area contributed by atoms with E-state index in [1.54, 1.807) is 19.9 Å². The van der Waals surface area contributed by atoms with E-state index in [0.717, 1.165) is 16.7 Å². The van der Waals surface area contributed by atoms with Gasteiger partial charge in [0.1, 0.15) is 0 Å². The van der Waals surface area contributed by atoms with Gasteiger partial charge in [-0.2, -0.15) is 5.26 Å². The van der Waals surface area contributed by atoms with Crippen LogP contribution in [0.3, 0.4) is 0 Å². The van der Waals surface area contributed by atoms with Crippen molar-refractivity contribution in [1.29, 1.82) is 5.26 Å². The molecular formula is C12H15NO. The molecule has 0 heterocycles. The lowest BCUT2D eigenvalue weighted by Gasteiger charge is -2.21. The van der Waals surface area contributed by atoms with Crippen LogP contribution in [0.25, 0.3) is 0 Å². The van der Waals surface area contributed by atoms with E-state index in [1.807, 2.05) is 19.9 Å². The minimum atomic E-state index is -0.887. The smallest absolute Gasteiger partial charge is 0.0991 e. The van der Waals surface area contributed by atoms with Crippen molar-refractivity contribution >= 4 is 0 Å². The third-order valence-corrected chi connectivity index (χ3v) is 2.46. The number of nitriles is 1. The first-order valence-electron chi connectivity index (χ1n) is 4.60. The summed E-state index contributed by atoms with van der Waals surface area (Å²) >= 11 is 0. The average molecular weight is 189 g/mol. The molecule has 1 aromatic carbocycles. The summed E-state index contributed by atoms with van der Waals surface area (Å²) in [5.41, 5.74) is 2.64. The van der Waals surface area contributed by atoms with E-state index in [4.69, 9.17) is 5.26 Å². The fraction of sp³-hybridized carbons (Fsp3) is 0.417. The van der Waals surface area contributed by atoms with Crippen LogP contribution in [-0.2, 0) is 5.60 Å². The summed E-state index contributed by atoms with van der Waals surface area (Å²) in [6.07, 6.45) is 0. The Morgan fingerprint density at radius 1 is 1.29 bits per heavy atom. The number of nitrogens with zero attached hydrogens (tertiary/aromatic N) is 1. The lowest BCUT2D eigenvalue weighted by atomic mass is 9.89. The molecule has 0 atom stereocenters. The summed E-state index contributed by atoms with van der Waals surface area (Å²) in [6.45, 7) is 7.38. The highest BCUT2D eigenvalue weighted by Gasteiger charge is 2.19. The molecule has 0 aromatic heterocycles. The van der Waals surface area contributed by atoms with Gasteiger partial charge in [0, 0.05) is 0 Å². The highest BCUT2D eigenvalue weighted by atomic mass is 16.3. The van der Waals surface area contributed by atoms with Crippen molar-refractivity contribution in [2.24, 2.45) is 0 Å². The highest BCUT2D eigenvalue weighted by Crippen LogP contribution is 2.26. The first-order valence-corrected chi connectivity index (χ1v) is 4.60. The van der Waals surface area contributed by atoms with Gasteiger partial charge >= 0.3 is 0 Å². The normalized spacial score (nSPS) is 11.1. The molecule has 0 aliphatic carbocycles. The lowest BCUT2D eigenvalue weighted by Crippen LogP contribution is -2.18. The van der Waals surface area contributed by atoms with Crippen LogP contribution in [0, 0.1) is 25.2 Å². The Hall–Kier alpha value is -1.33. The summed E-state index contributed by atoms with van der Waals surface area (Å²) in [5, 5.41) is 18.7. The number of aryl methyl sites for hydroxylation is 1. The van der Waals surface area contributed by atoms with Crippen LogP contribution < -0.4 is 0 Å². The van der Waals surface area contributed by atoms with Gasteiger partial charge in [-0.05, 0) is 56.5 Å². The van der Waals surface area contributed by atoms with Crippen LogP contribution in [0.2, 0.25) is 0 Å². The predicted molar refractivity (Wildman–Crippen MR) is 55.9 cm³/mol. The Morgan fingerprint density at radius 3 is 2.29 bits per heavy atom. The Kier molecular flexibility index (Phi) is 2.64. The predicted octanol–water partition coefficient (Wildman–Crippen LogP) is 2.40. The molecule has 1 rings (SSSR count). The monoisotopic (exact) mass is 189 g/mol. The van der Waals surface area contributed by atoms with Gasteiger partial charge in [0.05, 0.1) is 17.2 Å². The van der Waals surface area contributed by atoms with Crippen molar-refractivity contribution in [2.45, 2.75) is 33.3 Å². The second-order valence-electron chi connectivity index (χ2n) is 4.14. The van der Waals surface area contributed by atoms with Crippen molar-refractivity contribution < 1.29 is 5.11 Å². The van der Waals surface area contributed by atoms with Crippen LogP contribution >= 0.6 is 0 Å². The zero-order valence-corrected chi connectivity index (χ0v) is 9.05. The first kappa shape index (κ1) is 10.7. The van der Waals surface area contributed by atoms with Crippen molar-refractivity contribution in [3.8, 4) is 6.07 Å². The second-order valence-corrected chi connectivity index (χ2v) is 4.14. The van der Waals surface area contributed by atoms with E-state index in [1.165, 1.54) is 0 Å². The largest absolute Gasteiger partial charge is 0.386 e. The molecule has 0 aliphatic heterocycles. The molecule has 0 saturated heterocycles. The van der Waals surface area contributed by atoms with Crippen LogP contribution in [-0.4, -0.2) is 5.11 Å². The highest BCUT2D eigenvalue weighted by molar-refractivity contribution is 5.44. The third kappa shape index (κ3) is 1.94. The van der Waals surface area contributed by atoms with E-state index in [2.05, 4.69) is 6.07 Å². The second kappa shape index (κ2) is 3.43. The maximum atomic E-state index is 9.90. The summed E-state index contributed by atoms with van der Waals surface area (Å²) in [4.78, 5) is 0. The van der Waals surface area contributed by atoms with Crippen LogP contribution in [0.15, 0.2) is 12.1 Å². The molecule has 1 N–H and O–H groups in total. The van der Waals surface area contributed by atoms with Crippen LogP contribution in [0.4, 0.5) is 0 Å². The number of aliphatic hydroxyl groups is 1. The van der Waals surface area contributed by atoms with Gasteiger partial charge in [-0.25, -0.2) is 0 Å². The molecule has 0 radical (unpaired) electrons. The van der Waals surface area contributed by atoms with Gasteiger partial charge in [-0.3, -0.25) is 0 Å². The van der Waals surface area contributed by atoms with Crippen LogP contribution in [0.1, 0.15) is 36.1 Å². The van der Waals surface area contributed by atoms with Crippen molar-refractivity contribution in [3.05, 3.63) is 34.4 Å². The first-order chi connectivity index (χ1) is 6.36. The number of rotatable bonds is 1. The molecular weight excluding hydrogens is 174 g/mol. The van der Waals surface area contributed by atoms with E-state index in [0.29, 0.717) is 5.56 Å². The van der Waals surface area contributed by atoms with Gasteiger partial charge in [0.25, 0.3) is 0 Å². The fourth-order valence-electron chi connectivity index (χ4n) is 1.56. The quantitative estimate of drug-likeness (QED) is 0.737. The molecule has 0 amide bonds. The minimum Gasteiger partial charge on any atom is -0.386 e. The molecule has 0 spiro atoms. The van der Waals surface area contributed by atoms with E-state index < -0.39 is 5.60 Å². The summed E-state index contributed by atoms with van der Waals surface area (Å²) < 4.78 is 0. The zero-order valence-electron chi connectivity index (χ0n) is 9.05. The number of hydrogen-bond acceptors (Lipinski definition) is 2. The fourth-order valence-corrected chi connectivity index (χ4v) is 1.56. The van der Waals surface area contributed by atoms with Gasteiger partial charge < -0.3 is 5.11 Å². The average Bonchev–Trinajstić information content (AvgIpc) is 2.07. The molecule has 0 bridgehead atoms. The maximum absolute atomic E-state index is 9.90. The molecule has 0 fully saturated rings.